The average molecular weight is 432 g/mol. The summed E-state index contributed by atoms with van der Waals surface area (Å²) in [6.07, 6.45) is 0. The van der Waals surface area contributed by atoms with Crippen molar-refractivity contribution in [2.75, 3.05) is 5.32 Å². The second-order valence-electron chi connectivity index (χ2n) is 7.67. The van der Waals surface area contributed by atoms with E-state index in [9.17, 15) is 18.8 Å². The molecule has 0 aliphatic rings. The Balaban J connectivity index is 2.06. The molecular weight excluding hydrogens is 410 g/mol. The molecule has 0 saturated heterocycles. The maximum absolute atomic E-state index is 14.5. The number of hydrogen-bond donors (Lipinski definition) is 1. The van der Waals surface area contributed by atoms with E-state index >= 15 is 0 Å². The highest BCUT2D eigenvalue weighted by molar-refractivity contribution is 6.32. The standard InChI is InChI=1S/C23H22BFN4O3/c1-3-28-22(31)20-18(26-17-10-9-15(24)11-16(17)25)12-19(30)27(2)21(20)29(23(28)32)13-14-7-5-4-6-8-14/h4-12,26H,3,13,24H2,1-2H3. The normalized spacial score (nSPS) is 11.1. The maximum Gasteiger partial charge on any atom is 0.332 e. The molecule has 0 aliphatic carbocycles. The molecule has 0 spiro atoms. The van der Waals surface area contributed by atoms with Crippen molar-refractivity contribution in [1.82, 2.24) is 13.7 Å². The van der Waals surface area contributed by atoms with Crippen LogP contribution in [0, 0.1) is 5.82 Å². The molecule has 0 atom stereocenters. The molecule has 0 fully saturated rings. The summed E-state index contributed by atoms with van der Waals surface area (Å²) in [4.78, 5) is 39.3. The largest absolute Gasteiger partial charge is 0.352 e. The van der Waals surface area contributed by atoms with Gasteiger partial charge in [0.15, 0.2) is 0 Å². The summed E-state index contributed by atoms with van der Waals surface area (Å²) in [5, 5.41) is 3.04. The molecule has 9 heteroatoms. The number of aromatic nitrogens is 3. The first kappa shape index (κ1) is 21.4. The van der Waals surface area contributed by atoms with Gasteiger partial charge in [0.1, 0.15) is 24.7 Å². The van der Waals surface area contributed by atoms with Gasteiger partial charge >= 0.3 is 5.69 Å². The fraction of sp³-hybridized carbons (Fsp3) is 0.174. The lowest BCUT2D eigenvalue weighted by atomic mass is 9.96. The van der Waals surface area contributed by atoms with Gasteiger partial charge in [0.2, 0.25) is 0 Å². The number of halogens is 1. The molecule has 2 aromatic carbocycles. The number of pyridine rings is 1. The Morgan fingerprint density at radius 3 is 2.34 bits per heavy atom. The quantitative estimate of drug-likeness (QED) is 0.479. The first-order chi connectivity index (χ1) is 15.3. The van der Waals surface area contributed by atoms with Crippen molar-refractivity contribution in [3.8, 4) is 0 Å². The van der Waals surface area contributed by atoms with E-state index in [1.54, 1.807) is 26.9 Å². The summed E-state index contributed by atoms with van der Waals surface area (Å²) in [6.45, 7) is 2.03. The molecular formula is C23H22BFN4O3. The van der Waals surface area contributed by atoms with Crippen LogP contribution >= 0.6 is 0 Å². The highest BCUT2D eigenvalue weighted by Crippen LogP contribution is 2.23. The summed E-state index contributed by atoms with van der Waals surface area (Å²) < 4.78 is 18.3. The van der Waals surface area contributed by atoms with E-state index in [-0.39, 0.29) is 35.5 Å². The van der Waals surface area contributed by atoms with Gasteiger partial charge in [0.25, 0.3) is 11.1 Å². The van der Waals surface area contributed by atoms with E-state index in [0.29, 0.717) is 0 Å². The molecule has 0 amide bonds. The third kappa shape index (κ3) is 3.66. The zero-order chi connectivity index (χ0) is 23.0. The molecule has 0 radical (unpaired) electrons. The lowest BCUT2D eigenvalue weighted by Gasteiger charge is -2.18. The van der Waals surface area contributed by atoms with Crippen molar-refractivity contribution in [3.63, 3.8) is 0 Å². The Morgan fingerprint density at radius 1 is 0.969 bits per heavy atom. The van der Waals surface area contributed by atoms with Gasteiger partial charge in [-0.3, -0.25) is 23.3 Å². The Hall–Kier alpha value is -3.88. The fourth-order valence-corrected chi connectivity index (χ4v) is 3.82. The Bertz CT molecular complexity index is 1510. The van der Waals surface area contributed by atoms with E-state index in [0.717, 1.165) is 15.6 Å². The van der Waals surface area contributed by atoms with Crippen molar-refractivity contribution >= 4 is 35.7 Å². The van der Waals surface area contributed by atoms with Crippen LogP contribution in [0.4, 0.5) is 15.8 Å². The van der Waals surface area contributed by atoms with Gasteiger partial charge in [-0.25, -0.2) is 9.18 Å². The maximum atomic E-state index is 14.5. The number of anilines is 2. The second kappa shape index (κ2) is 8.34. The van der Waals surface area contributed by atoms with Gasteiger partial charge in [-0.05, 0) is 24.6 Å². The third-order valence-corrected chi connectivity index (χ3v) is 5.48. The van der Waals surface area contributed by atoms with Crippen molar-refractivity contribution in [2.24, 2.45) is 7.05 Å². The minimum Gasteiger partial charge on any atom is -0.352 e. The molecule has 32 heavy (non-hydrogen) atoms. The fourth-order valence-electron chi connectivity index (χ4n) is 3.82. The smallest absolute Gasteiger partial charge is 0.332 e. The first-order valence-corrected chi connectivity index (χ1v) is 10.3. The van der Waals surface area contributed by atoms with Crippen molar-refractivity contribution in [1.29, 1.82) is 0 Å². The number of rotatable bonds is 5. The van der Waals surface area contributed by atoms with Crippen molar-refractivity contribution in [3.05, 3.63) is 97.2 Å². The van der Waals surface area contributed by atoms with Crippen LogP contribution in [0.2, 0.25) is 0 Å². The predicted molar refractivity (Wildman–Crippen MR) is 127 cm³/mol. The number of nitrogens with zero attached hydrogens (tertiary/aromatic N) is 3. The van der Waals surface area contributed by atoms with Gasteiger partial charge in [-0.15, -0.1) is 0 Å². The van der Waals surface area contributed by atoms with Crippen LogP contribution in [-0.4, -0.2) is 21.5 Å². The van der Waals surface area contributed by atoms with Gasteiger partial charge < -0.3 is 5.32 Å². The van der Waals surface area contributed by atoms with Gasteiger partial charge in [-0.2, -0.15) is 0 Å². The molecule has 0 aliphatic heterocycles. The number of hydrogen-bond acceptors (Lipinski definition) is 4. The van der Waals surface area contributed by atoms with E-state index in [1.165, 1.54) is 28.3 Å². The van der Waals surface area contributed by atoms with Crippen LogP contribution in [0.15, 0.2) is 69.0 Å². The number of aryl methyl sites for hydroxylation is 1. The summed E-state index contributed by atoms with van der Waals surface area (Å²) in [5.41, 5.74) is 0.566. The lowest BCUT2D eigenvalue weighted by molar-refractivity contribution is 0.606. The van der Waals surface area contributed by atoms with Crippen LogP contribution in [0.25, 0.3) is 11.0 Å². The monoisotopic (exact) mass is 432 g/mol. The SMILES string of the molecule is Bc1ccc(Nc2cc(=O)n(C)c3c2c(=O)n(CC)c(=O)n3Cc2ccccc2)c(F)c1. The van der Waals surface area contributed by atoms with Crippen molar-refractivity contribution in [2.45, 2.75) is 20.0 Å². The third-order valence-electron chi connectivity index (χ3n) is 5.48. The molecule has 7 nitrogen and oxygen atoms in total. The lowest BCUT2D eigenvalue weighted by Crippen LogP contribution is -2.42. The Morgan fingerprint density at radius 2 is 1.69 bits per heavy atom. The number of benzene rings is 2. The van der Waals surface area contributed by atoms with E-state index in [1.807, 2.05) is 30.3 Å². The molecule has 1 N–H and O–H groups in total. The highest BCUT2D eigenvalue weighted by Gasteiger charge is 2.20. The summed E-state index contributed by atoms with van der Waals surface area (Å²) >= 11 is 0. The predicted octanol–water partition coefficient (Wildman–Crippen LogP) is 1.07. The van der Waals surface area contributed by atoms with Crippen LogP contribution in [0.3, 0.4) is 0 Å². The molecule has 2 heterocycles. The topological polar surface area (TPSA) is 78.0 Å². The first-order valence-electron chi connectivity index (χ1n) is 10.3. The van der Waals surface area contributed by atoms with E-state index < -0.39 is 22.6 Å². The Kier molecular flexibility index (Phi) is 5.56. The minimum atomic E-state index is -0.539. The zero-order valence-corrected chi connectivity index (χ0v) is 18.1. The van der Waals surface area contributed by atoms with Gasteiger partial charge in [0.05, 0.1) is 17.9 Å². The molecule has 0 bridgehead atoms. The molecule has 0 saturated carbocycles. The van der Waals surface area contributed by atoms with Crippen LogP contribution in [-0.2, 0) is 20.1 Å². The zero-order valence-electron chi connectivity index (χ0n) is 18.1. The van der Waals surface area contributed by atoms with E-state index in [4.69, 9.17) is 0 Å². The van der Waals surface area contributed by atoms with Crippen LogP contribution in [0.5, 0.6) is 0 Å². The molecule has 0 unspecified atom stereocenters. The minimum absolute atomic E-state index is 0.133. The average Bonchev–Trinajstić information content (AvgIpc) is 2.76. The molecule has 2 aromatic heterocycles. The highest BCUT2D eigenvalue weighted by atomic mass is 19.1. The second-order valence-corrected chi connectivity index (χ2v) is 7.67. The molecule has 4 rings (SSSR count). The van der Waals surface area contributed by atoms with E-state index in [2.05, 4.69) is 5.32 Å². The van der Waals surface area contributed by atoms with Gasteiger partial charge in [-0.1, -0.05) is 41.9 Å². The molecule has 4 aromatic rings. The summed E-state index contributed by atoms with van der Waals surface area (Å²) in [7, 11) is 3.28. The number of nitrogens with one attached hydrogen (secondary N) is 1. The molecule has 162 valence electrons. The summed E-state index contributed by atoms with van der Waals surface area (Å²) in [5.74, 6) is -0.507. The van der Waals surface area contributed by atoms with Crippen LogP contribution in [0.1, 0.15) is 12.5 Å². The van der Waals surface area contributed by atoms with Crippen LogP contribution < -0.4 is 27.6 Å². The Labute approximate surface area is 183 Å². The number of fused-ring (bicyclic) bond motifs is 1. The van der Waals surface area contributed by atoms with Crippen molar-refractivity contribution < 1.29 is 4.39 Å². The summed E-state index contributed by atoms with van der Waals surface area (Å²) in [6, 6.07) is 15.2. The van der Waals surface area contributed by atoms with Gasteiger partial charge in [0, 0.05) is 19.7 Å².